The first kappa shape index (κ1) is 14.4. The second-order valence-electron chi connectivity index (χ2n) is 4.50. The van der Waals surface area contributed by atoms with Crippen LogP contribution in [0.2, 0.25) is 10.0 Å². The Hall–Kier alpha value is -1.02. The van der Waals surface area contributed by atoms with Gasteiger partial charge in [-0.1, -0.05) is 54.4 Å². The molecule has 0 heterocycles. The molecule has 19 heavy (non-hydrogen) atoms. The Morgan fingerprint density at radius 3 is 2.42 bits per heavy atom. The minimum atomic E-state index is 0.702. The molecule has 100 valence electrons. The van der Waals surface area contributed by atoms with E-state index in [4.69, 9.17) is 23.2 Å². The Bertz CT molecular complexity index is 535. The first-order chi connectivity index (χ1) is 9.20. The van der Waals surface area contributed by atoms with Gasteiger partial charge in [0.2, 0.25) is 0 Å². The number of halogens is 2. The molecule has 0 unspecified atom stereocenters. The van der Waals surface area contributed by atoms with Crippen molar-refractivity contribution in [2.45, 2.75) is 19.9 Å². The van der Waals surface area contributed by atoms with Gasteiger partial charge in [-0.3, -0.25) is 0 Å². The smallest absolute Gasteiger partial charge is 0.0485 e. The highest BCUT2D eigenvalue weighted by molar-refractivity contribution is 6.35. The maximum Gasteiger partial charge on any atom is 0.0485 e. The van der Waals surface area contributed by atoms with Crippen molar-refractivity contribution in [2.24, 2.45) is 0 Å². The molecular weight excluding hydrogens is 277 g/mol. The van der Waals surface area contributed by atoms with Crippen molar-refractivity contribution in [3.8, 4) is 11.1 Å². The number of benzene rings is 2. The first-order valence-corrected chi connectivity index (χ1v) is 7.21. The van der Waals surface area contributed by atoms with Gasteiger partial charge in [0, 0.05) is 22.2 Å². The van der Waals surface area contributed by atoms with E-state index >= 15 is 0 Å². The summed E-state index contributed by atoms with van der Waals surface area (Å²) in [6.07, 6.45) is 1.15. The Kier molecular flexibility index (Phi) is 5.26. The van der Waals surface area contributed by atoms with E-state index in [-0.39, 0.29) is 0 Å². The average molecular weight is 294 g/mol. The normalized spacial score (nSPS) is 10.7. The van der Waals surface area contributed by atoms with Gasteiger partial charge >= 0.3 is 0 Å². The van der Waals surface area contributed by atoms with E-state index in [1.807, 2.05) is 12.1 Å². The molecule has 0 radical (unpaired) electrons. The minimum Gasteiger partial charge on any atom is -0.313 e. The van der Waals surface area contributed by atoms with Crippen molar-refractivity contribution in [1.82, 2.24) is 5.32 Å². The lowest BCUT2D eigenvalue weighted by Crippen LogP contribution is -2.13. The van der Waals surface area contributed by atoms with Crippen LogP contribution < -0.4 is 5.32 Å². The molecule has 2 rings (SSSR count). The molecule has 1 nitrogen and oxygen atoms in total. The van der Waals surface area contributed by atoms with Gasteiger partial charge in [0.1, 0.15) is 0 Å². The lowest BCUT2D eigenvalue weighted by Gasteiger charge is -2.07. The summed E-state index contributed by atoms with van der Waals surface area (Å²) in [5, 5.41) is 4.81. The third-order valence-electron chi connectivity index (χ3n) is 2.95. The van der Waals surface area contributed by atoms with Gasteiger partial charge < -0.3 is 5.32 Å². The second kappa shape index (κ2) is 6.95. The van der Waals surface area contributed by atoms with Gasteiger partial charge in [0.05, 0.1) is 0 Å². The molecule has 0 aromatic heterocycles. The van der Waals surface area contributed by atoms with E-state index in [9.17, 15) is 0 Å². The van der Waals surface area contributed by atoms with Crippen LogP contribution >= 0.6 is 23.2 Å². The van der Waals surface area contributed by atoms with Crippen LogP contribution in [-0.4, -0.2) is 6.54 Å². The lowest BCUT2D eigenvalue weighted by atomic mass is 10.0. The van der Waals surface area contributed by atoms with Crippen molar-refractivity contribution < 1.29 is 0 Å². The molecule has 0 amide bonds. The average Bonchev–Trinajstić information content (AvgIpc) is 2.43. The predicted molar refractivity (Wildman–Crippen MR) is 83.9 cm³/mol. The molecule has 0 fully saturated rings. The molecule has 0 aliphatic heterocycles. The van der Waals surface area contributed by atoms with Gasteiger partial charge in [-0.05, 0) is 42.3 Å². The van der Waals surface area contributed by atoms with E-state index in [2.05, 4.69) is 36.5 Å². The van der Waals surface area contributed by atoms with Crippen molar-refractivity contribution in [2.75, 3.05) is 6.54 Å². The molecule has 1 N–H and O–H groups in total. The van der Waals surface area contributed by atoms with Crippen LogP contribution in [0, 0.1) is 0 Å². The molecule has 2 aromatic rings. The highest BCUT2D eigenvalue weighted by atomic mass is 35.5. The van der Waals surface area contributed by atoms with Gasteiger partial charge in [0.25, 0.3) is 0 Å². The molecule has 0 bridgehead atoms. The maximum atomic E-state index is 6.20. The van der Waals surface area contributed by atoms with Crippen LogP contribution in [0.4, 0.5) is 0 Å². The number of hydrogen-bond donors (Lipinski definition) is 1. The monoisotopic (exact) mass is 293 g/mol. The SMILES string of the molecule is CCCNCc1ccc(-c2cc(Cl)ccc2Cl)cc1. The van der Waals surface area contributed by atoms with E-state index in [1.54, 1.807) is 6.07 Å². The van der Waals surface area contributed by atoms with Crippen LogP contribution in [-0.2, 0) is 6.54 Å². The summed E-state index contributed by atoms with van der Waals surface area (Å²) in [6.45, 7) is 4.11. The molecule has 3 heteroatoms. The predicted octanol–water partition coefficient (Wildman–Crippen LogP) is 5.16. The molecule has 0 atom stereocenters. The molecule has 0 spiro atoms. The third-order valence-corrected chi connectivity index (χ3v) is 3.51. The van der Waals surface area contributed by atoms with Crippen LogP contribution in [0.5, 0.6) is 0 Å². The van der Waals surface area contributed by atoms with E-state index in [0.29, 0.717) is 5.02 Å². The molecule has 2 aromatic carbocycles. The van der Waals surface area contributed by atoms with Crippen molar-refractivity contribution in [3.63, 3.8) is 0 Å². The van der Waals surface area contributed by atoms with Crippen LogP contribution in [0.15, 0.2) is 42.5 Å². The number of nitrogens with one attached hydrogen (secondary N) is 1. The van der Waals surface area contributed by atoms with Crippen molar-refractivity contribution in [3.05, 3.63) is 58.1 Å². The summed E-state index contributed by atoms with van der Waals surface area (Å²) < 4.78 is 0. The zero-order chi connectivity index (χ0) is 13.7. The Labute approximate surface area is 124 Å². The summed E-state index contributed by atoms with van der Waals surface area (Å²) in [6, 6.07) is 13.9. The standard InChI is InChI=1S/C16H17Cl2N/c1-2-9-19-11-12-3-5-13(6-4-12)15-10-14(17)7-8-16(15)18/h3-8,10,19H,2,9,11H2,1H3. The maximum absolute atomic E-state index is 6.20. The summed E-state index contributed by atoms with van der Waals surface area (Å²) in [5.41, 5.74) is 3.34. The summed E-state index contributed by atoms with van der Waals surface area (Å²) in [4.78, 5) is 0. The molecule has 0 aliphatic carbocycles. The van der Waals surface area contributed by atoms with Gasteiger partial charge in [-0.2, -0.15) is 0 Å². The van der Waals surface area contributed by atoms with Gasteiger partial charge in [-0.15, -0.1) is 0 Å². The Morgan fingerprint density at radius 2 is 1.74 bits per heavy atom. The van der Waals surface area contributed by atoms with E-state index < -0.39 is 0 Å². The first-order valence-electron chi connectivity index (χ1n) is 6.46. The minimum absolute atomic E-state index is 0.702. The van der Waals surface area contributed by atoms with Gasteiger partial charge in [-0.25, -0.2) is 0 Å². The van der Waals surface area contributed by atoms with Crippen LogP contribution in [0.3, 0.4) is 0 Å². The number of hydrogen-bond acceptors (Lipinski definition) is 1. The largest absolute Gasteiger partial charge is 0.313 e. The molecule has 0 saturated heterocycles. The number of rotatable bonds is 5. The fourth-order valence-electron chi connectivity index (χ4n) is 1.93. The quantitative estimate of drug-likeness (QED) is 0.751. The van der Waals surface area contributed by atoms with Crippen LogP contribution in [0.25, 0.3) is 11.1 Å². The zero-order valence-corrected chi connectivity index (χ0v) is 12.4. The summed E-state index contributed by atoms with van der Waals surface area (Å²) >= 11 is 12.2. The second-order valence-corrected chi connectivity index (χ2v) is 5.34. The Balaban J connectivity index is 2.15. The van der Waals surface area contributed by atoms with Gasteiger partial charge in [0.15, 0.2) is 0 Å². The van der Waals surface area contributed by atoms with Crippen LogP contribution in [0.1, 0.15) is 18.9 Å². The molecule has 0 aliphatic rings. The summed E-state index contributed by atoms with van der Waals surface area (Å²) in [7, 11) is 0. The zero-order valence-electron chi connectivity index (χ0n) is 10.9. The molecule has 0 saturated carbocycles. The third kappa shape index (κ3) is 3.97. The van der Waals surface area contributed by atoms with Crippen molar-refractivity contribution >= 4 is 23.2 Å². The Morgan fingerprint density at radius 1 is 1.00 bits per heavy atom. The topological polar surface area (TPSA) is 12.0 Å². The highest BCUT2D eigenvalue weighted by Gasteiger charge is 2.04. The van der Waals surface area contributed by atoms with E-state index in [1.165, 1.54) is 5.56 Å². The lowest BCUT2D eigenvalue weighted by molar-refractivity contribution is 0.675. The molecular formula is C16H17Cl2N. The fraction of sp³-hybridized carbons (Fsp3) is 0.250. The van der Waals surface area contributed by atoms with Crippen molar-refractivity contribution in [1.29, 1.82) is 0 Å². The highest BCUT2D eigenvalue weighted by Crippen LogP contribution is 2.30. The fourth-order valence-corrected chi connectivity index (χ4v) is 2.33. The van der Waals surface area contributed by atoms with E-state index in [0.717, 1.165) is 35.7 Å². The summed E-state index contributed by atoms with van der Waals surface area (Å²) in [5.74, 6) is 0.